The largest absolute Gasteiger partial charge is 0.478 e. The monoisotopic (exact) mass is 284 g/mol. The number of aliphatic carboxylic acids is 2. The second-order valence-electron chi connectivity index (χ2n) is 6.33. The highest BCUT2D eigenvalue weighted by Gasteiger charge is 2.31. The first-order chi connectivity index (χ1) is 9.15. The highest BCUT2D eigenvalue weighted by atomic mass is 16.4. The van der Waals surface area contributed by atoms with Crippen molar-refractivity contribution in [2.75, 3.05) is 0 Å². The van der Waals surface area contributed by atoms with Gasteiger partial charge in [-0.2, -0.15) is 0 Å². The molecule has 0 bridgehead atoms. The summed E-state index contributed by atoms with van der Waals surface area (Å²) in [6.45, 7) is 9.35. The Balaban J connectivity index is 5.49. The molecule has 1 unspecified atom stereocenters. The fourth-order valence-electron chi connectivity index (χ4n) is 2.43. The first-order valence-corrected chi connectivity index (χ1v) is 7.35. The van der Waals surface area contributed by atoms with E-state index in [1.807, 2.05) is 6.92 Å². The van der Waals surface area contributed by atoms with Crippen molar-refractivity contribution in [3.05, 3.63) is 11.1 Å². The zero-order valence-corrected chi connectivity index (χ0v) is 13.3. The molecule has 0 aromatic heterocycles. The van der Waals surface area contributed by atoms with E-state index < -0.39 is 17.4 Å². The Morgan fingerprint density at radius 2 is 1.60 bits per heavy atom. The second-order valence-corrected chi connectivity index (χ2v) is 6.33. The number of carbonyl (C=O) groups is 2. The molecule has 0 heterocycles. The molecule has 0 saturated carbocycles. The Hall–Kier alpha value is -1.32. The summed E-state index contributed by atoms with van der Waals surface area (Å²) in [6, 6.07) is 0. The fraction of sp³-hybridized carbons (Fsp3) is 0.750. The van der Waals surface area contributed by atoms with Crippen LogP contribution < -0.4 is 0 Å². The molecule has 0 aromatic carbocycles. The number of rotatable bonds is 8. The molecular formula is C16H28O4. The molecule has 2 N–H and O–H groups in total. The molecule has 0 radical (unpaired) electrons. The summed E-state index contributed by atoms with van der Waals surface area (Å²) < 4.78 is 0. The van der Waals surface area contributed by atoms with Crippen LogP contribution in [-0.4, -0.2) is 22.2 Å². The lowest BCUT2D eigenvalue weighted by atomic mass is 9.80. The quantitative estimate of drug-likeness (QED) is 0.658. The van der Waals surface area contributed by atoms with Crippen LogP contribution >= 0.6 is 0 Å². The van der Waals surface area contributed by atoms with Crippen LogP contribution in [0.25, 0.3) is 0 Å². The molecule has 1 atom stereocenters. The highest BCUT2D eigenvalue weighted by Crippen LogP contribution is 2.32. The Bertz CT molecular complexity index is 374. The number of unbranched alkanes of at least 4 members (excludes halogenated alkanes) is 1. The van der Waals surface area contributed by atoms with E-state index in [1.54, 1.807) is 20.8 Å². The Morgan fingerprint density at radius 1 is 1.05 bits per heavy atom. The van der Waals surface area contributed by atoms with Gasteiger partial charge in [0.05, 0.1) is 5.57 Å². The Kier molecular flexibility index (Phi) is 7.54. The molecule has 20 heavy (non-hydrogen) atoms. The predicted octanol–water partition coefficient (Wildman–Crippen LogP) is 4.10. The third kappa shape index (κ3) is 5.76. The number of carboxylic acids is 2. The summed E-state index contributed by atoms with van der Waals surface area (Å²) >= 11 is 0. The van der Waals surface area contributed by atoms with Crippen LogP contribution in [-0.2, 0) is 9.59 Å². The topological polar surface area (TPSA) is 74.6 Å². The smallest absolute Gasteiger partial charge is 0.332 e. The molecule has 4 heteroatoms. The van der Waals surface area contributed by atoms with Crippen molar-refractivity contribution >= 4 is 11.9 Å². The van der Waals surface area contributed by atoms with Gasteiger partial charge in [0.2, 0.25) is 0 Å². The summed E-state index contributed by atoms with van der Waals surface area (Å²) in [5.74, 6) is -2.00. The molecule has 116 valence electrons. The second kappa shape index (κ2) is 8.08. The summed E-state index contributed by atoms with van der Waals surface area (Å²) in [7, 11) is 0. The van der Waals surface area contributed by atoms with Crippen LogP contribution in [0.4, 0.5) is 0 Å². The van der Waals surface area contributed by atoms with Crippen LogP contribution in [0, 0.1) is 11.3 Å². The molecule has 0 fully saturated rings. The van der Waals surface area contributed by atoms with Crippen molar-refractivity contribution in [2.45, 2.75) is 66.7 Å². The van der Waals surface area contributed by atoms with Gasteiger partial charge >= 0.3 is 11.9 Å². The highest BCUT2D eigenvalue weighted by molar-refractivity contribution is 5.99. The third-order valence-electron chi connectivity index (χ3n) is 3.56. The van der Waals surface area contributed by atoms with E-state index in [2.05, 4.69) is 6.92 Å². The van der Waals surface area contributed by atoms with Crippen molar-refractivity contribution in [3.63, 3.8) is 0 Å². The summed E-state index contributed by atoms with van der Waals surface area (Å²) in [4.78, 5) is 23.0. The van der Waals surface area contributed by atoms with Gasteiger partial charge < -0.3 is 10.2 Å². The average molecular weight is 284 g/mol. The standard InChI is InChI=1S/C16H28O4/c1-6-8-9-11(7-2)10-12(14(17)18)13(15(19)20)16(3,4)5/h11H,6-10H2,1-5H3,(H,17,18)(H,19,20). The van der Waals surface area contributed by atoms with Gasteiger partial charge in [0, 0.05) is 5.57 Å². The number of hydrogen-bond acceptors (Lipinski definition) is 2. The molecule has 0 aliphatic heterocycles. The Morgan fingerprint density at radius 3 is 1.90 bits per heavy atom. The van der Waals surface area contributed by atoms with Crippen molar-refractivity contribution in [2.24, 2.45) is 11.3 Å². The van der Waals surface area contributed by atoms with Crippen molar-refractivity contribution in [1.29, 1.82) is 0 Å². The molecule has 0 aliphatic rings. The van der Waals surface area contributed by atoms with Gasteiger partial charge in [0.1, 0.15) is 0 Å². The minimum absolute atomic E-state index is 0.0277. The molecule has 0 aliphatic carbocycles. The molecule has 0 saturated heterocycles. The van der Waals surface area contributed by atoms with Gasteiger partial charge in [-0.3, -0.25) is 0 Å². The summed E-state index contributed by atoms with van der Waals surface area (Å²) in [6.07, 6.45) is 4.26. The van der Waals surface area contributed by atoms with Crippen molar-refractivity contribution in [3.8, 4) is 0 Å². The van der Waals surface area contributed by atoms with Gasteiger partial charge in [0.25, 0.3) is 0 Å². The van der Waals surface area contributed by atoms with E-state index in [0.717, 1.165) is 25.7 Å². The van der Waals surface area contributed by atoms with E-state index >= 15 is 0 Å². The first-order valence-electron chi connectivity index (χ1n) is 7.35. The normalized spacial score (nSPS) is 14.7. The SMILES string of the molecule is CCCCC(CC)CC(C(=O)O)=C(C(=O)O)C(C)(C)C. The lowest BCUT2D eigenvalue weighted by molar-refractivity contribution is -0.137. The van der Waals surface area contributed by atoms with E-state index in [9.17, 15) is 19.8 Å². The van der Waals surface area contributed by atoms with Crippen molar-refractivity contribution < 1.29 is 19.8 Å². The van der Waals surface area contributed by atoms with Gasteiger partial charge in [-0.25, -0.2) is 9.59 Å². The van der Waals surface area contributed by atoms with Gasteiger partial charge in [0.15, 0.2) is 0 Å². The van der Waals surface area contributed by atoms with Crippen LogP contribution in [0.5, 0.6) is 0 Å². The van der Waals surface area contributed by atoms with Gasteiger partial charge in [-0.05, 0) is 17.8 Å². The molecular weight excluding hydrogens is 256 g/mol. The Labute approximate surface area is 121 Å². The molecule has 0 aromatic rings. The summed E-state index contributed by atoms with van der Waals surface area (Å²) in [5, 5.41) is 18.8. The van der Waals surface area contributed by atoms with E-state index in [4.69, 9.17) is 0 Å². The van der Waals surface area contributed by atoms with Crippen LogP contribution in [0.3, 0.4) is 0 Å². The van der Waals surface area contributed by atoms with Crippen LogP contribution in [0.2, 0.25) is 0 Å². The number of hydrogen-bond donors (Lipinski definition) is 2. The zero-order valence-electron chi connectivity index (χ0n) is 13.3. The maximum Gasteiger partial charge on any atom is 0.332 e. The molecule has 0 amide bonds. The van der Waals surface area contributed by atoms with Crippen molar-refractivity contribution in [1.82, 2.24) is 0 Å². The molecule has 4 nitrogen and oxygen atoms in total. The van der Waals surface area contributed by atoms with Crippen LogP contribution in [0.1, 0.15) is 66.7 Å². The lowest BCUT2D eigenvalue weighted by Crippen LogP contribution is -2.24. The molecule has 0 spiro atoms. The molecule has 0 rings (SSSR count). The maximum atomic E-state index is 11.5. The maximum absolute atomic E-state index is 11.5. The van der Waals surface area contributed by atoms with E-state index in [1.165, 1.54) is 0 Å². The first kappa shape index (κ1) is 18.7. The van der Waals surface area contributed by atoms with Gasteiger partial charge in [-0.15, -0.1) is 0 Å². The minimum Gasteiger partial charge on any atom is -0.478 e. The van der Waals surface area contributed by atoms with Crippen LogP contribution in [0.15, 0.2) is 11.1 Å². The van der Waals surface area contributed by atoms with Gasteiger partial charge in [-0.1, -0.05) is 60.3 Å². The lowest BCUT2D eigenvalue weighted by Gasteiger charge is -2.24. The summed E-state index contributed by atoms with van der Waals surface area (Å²) in [5.41, 5.74) is -0.587. The van der Waals surface area contributed by atoms with E-state index in [0.29, 0.717) is 6.42 Å². The third-order valence-corrected chi connectivity index (χ3v) is 3.56. The zero-order chi connectivity index (χ0) is 15.9. The number of carboxylic acid groups (broad SMARTS) is 2. The average Bonchev–Trinajstić information content (AvgIpc) is 2.30. The minimum atomic E-state index is -1.12. The fourth-order valence-corrected chi connectivity index (χ4v) is 2.43. The predicted molar refractivity (Wildman–Crippen MR) is 79.7 cm³/mol. The van der Waals surface area contributed by atoms with E-state index in [-0.39, 0.29) is 17.1 Å².